The molecule has 1 atom stereocenters. The molecule has 3 N–H and O–H groups in total. The molecule has 1 aromatic carbocycles. The predicted octanol–water partition coefficient (Wildman–Crippen LogP) is 2.14. The molecular weight excluding hydrogens is 304 g/mol. The average Bonchev–Trinajstić information content (AvgIpc) is 2.98. The third kappa shape index (κ3) is 5.49. The van der Waals surface area contributed by atoms with Crippen molar-refractivity contribution in [1.29, 1.82) is 0 Å². The maximum Gasteiger partial charge on any atom is 0.320 e. The third-order valence-corrected chi connectivity index (χ3v) is 3.54. The van der Waals surface area contributed by atoms with Crippen molar-refractivity contribution in [2.24, 2.45) is 0 Å². The highest BCUT2D eigenvalue weighted by atomic mass is 32.1. The van der Waals surface area contributed by atoms with E-state index < -0.39 is 12.0 Å². The molecule has 2 rings (SSSR count). The van der Waals surface area contributed by atoms with Gasteiger partial charge in [-0.1, -0.05) is 34.8 Å². The number of carbonyl (C=O) groups is 2. The first-order chi connectivity index (χ1) is 10.6. The highest BCUT2D eigenvalue weighted by Gasteiger charge is 2.15. The number of benzene rings is 1. The summed E-state index contributed by atoms with van der Waals surface area (Å²) in [5.74, 6) is -0.882. The molecule has 2 aromatic rings. The van der Waals surface area contributed by atoms with Crippen molar-refractivity contribution in [3.8, 4) is 0 Å². The van der Waals surface area contributed by atoms with Crippen LogP contribution in [0.5, 0.6) is 0 Å². The third-order valence-electron chi connectivity index (χ3n) is 2.96. The molecule has 0 saturated heterocycles. The van der Waals surface area contributed by atoms with Crippen LogP contribution in [0.2, 0.25) is 0 Å². The van der Waals surface area contributed by atoms with Crippen LogP contribution in [0.1, 0.15) is 18.4 Å². The Morgan fingerprint density at radius 1 is 1.27 bits per heavy atom. The van der Waals surface area contributed by atoms with Crippen molar-refractivity contribution in [1.82, 2.24) is 14.9 Å². The van der Waals surface area contributed by atoms with Crippen molar-refractivity contribution in [3.63, 3.8) is 0 Å². The van der Waals surface area contributed by atoms with E-state index in [0.29, 0.717) is 17.8 Å². The fraction of sp³-hybridized carbons (Fsp3) is 0.286. The lowest BCUT2D eigenvalue weighted by molar-refractivity contribution is -0.137. The monoisotopic (exact) mass is 320 g/mol. The molecule has 0 aliphatic carbocycles. The van der Waals surface area contributed by atoms with Gasteiger partial charge in [0.05, 0.1) is 6.20 Å². The van der Waals surface area contributed by atoms with Crippen LogP contribution < -0.4 is 10.6 Å². The van der Waals surface area contributed by atoms with Gasteiger partial charge in [-0.15, -0.1) is 5.10 Å². The van der Waals surface area contributed by atoms with Gasteiger partial charge in [-0.05, 0) is 18.4 Å². The Morgan fingerprint density at radius 2 is 2.05 bits per heavy atom. The molecule has 0 aliphatic rings. The average molecular weight is 320 g/mol. The highest BCUT2D eigenvalue weighted by Crippen LogP contribution is 2.11. The SMILES string of the molecule is O=C(O)CCC(Cc1ccccc1)NC(=O)Nc1cnns1. The summed E-state index contributed by atoms with van der Waals surface area (Å²) < 4.78 is 3.65. The van der Waals surface area contributed by atoms with E-state index in [1.165, 1.54) is 6.20 Å². The first-order valence-electron chi connectivity index (χ1n) is 6.74. The quantitative estimate of drug-likeness (QED) is 0.725. The van der Waals surface area contributed by atoms with Gasteiger partial charge in [0.25, 0.3) is 0 Å². The van der Waals surface area contributed by atoms with Gasteiger partial charge in [0.15, 0.2) is 0 Å². The van der Waals surface area contributed by atoms with E-state index in [4.69, 9.17) is 5.11 Å². The number of aromatic nitrogens is 2. The van der Waals surface area contributed by atoms with E-state index in [1.807, 2.05) is 30.3 Å². The number of carboxylic acid groups (broad SMARTS) is 1. The Hall–Kier alpha value is -2.48. The summed E-state index contributed by atoms with van der Waals surface area (Å²) >= 11 is 1.07. The van der Waals surface area contributed by atoms with Gasteiger partial charge in [0.1, 0.15) is 5.00 Å². The summed E-state index contributed by atoms with van der Waals surface area (Å²) in [6.45, 7) is 0. The van der Waals surface area contributed by atoms with Crippen molar-refractivity contribution >= 4 is 28.5 Å². The number of anilines is 1. The van der Waals surface area contributed by atoms with E-state index in [-0.39, 0.29) is 12.5 Å². The van der Waals surface area contributed by atoms with E-state index in [2.05, 4.69) is 20.2 Å². The lowest BCUT2D eigenvalue weighted by Gasteiger charge is -2.18. The maximum absolute atomic E-state index is 11.9. The fourth-order valence-corrected chi connectivity index (χ4v) is 2.39. The van der Waals surface area contributed by atoms with E-state index in [1.54, 1.807) is 0 Å². The molecular formula is C14H16N4O3S. The van der Waals surface area contributed by atoms with Crippen LogP contribution in [0.3, 0.4) is 0 Å². The number of amides is 2. The van der Waals surface area contributed by atoms with Gasteiger partial charge < -0.3 is 10.4 Å². The number of carboxylic acids is 1. The van der Waals surface area contributed by atoms with Crippen LogP contribution in [0.4, 0.5) is 9.80 Å². The number of urea groups is 1. The number of nitrogens with zero attached hydrogens (tertiary/aromatic N) is 2. The van der Waals surface area contributed by atoms with Gasteiger partial charge in [0.2, 0.25) is 0 Å². The second kappa shape index (κ2) is 8.08. The zero-order chi connectivity index (χ0) is 15.8. The Morgan fingerprint density at radius 3 is 2.68 bits per heavy atom. The Labute approximate surface area is 131 Å². The minimum absolute atomic E-state index is 0.000106. The highest BCUT2D eigenvalue weighted by molar-refractivity contribution is 7.10. The van der Waals surface area contributed by atoms with Crippen molar-refractivity contribution in [2.75, 3.05) is 5.32 Å². The summed E-state index contributed by atoms with van der Waals surface area (Å²) in [5.41, 5.74) is 1.04. The van der Waals surface area contributed by atoms with Gasteiger partial charge in [-0.3, -0.25) is 10.1 Å². The van der Waals surface area contributed by atoms with Crippen molar-refractivity contribution in [3.05, 3.63) is 42.1 Å². The predicted molar refractivity (Wildman–Crippen MR) is 82.9 cm³/mol. The summed E-state index contributed by atoms with van der Waals surface area (Å²) in [6.07, 6.45) is 2.38. The molecule has 0 aliphatic heterocycles. The lowest BCUT2D eigenvalue weighted by atomic mass is 10.0. The molecule has 0 saturated carbocycles. The molecule has 0 bridgehead atoms. The molecule has 1 heterocycles. The summed E-state index contributed by atoms with van der Waals surface area (Å²) in [5, 5.41) is 18.4. The van der Waals surface area contributed by atoms with E-state index in [0.717, 1.165) is 17.1 Å². The molecule has 2 amide bonds. The number of carbonyl (C=O) groups excluding carboxylic acids is 1. The summed E-state index contributed by atoms with van der Waals surface area (Å²) in [6, 6.07) is 8.96. The molecule has 1 aromatic heterocycles. The van der Waals surface area contributed by atoms with Crippen LogP contribution in [-0.4, -0.2) is 32.7 Å². The first-order valence-corrected chi connectivity index (χ1v) is 7.51. The summed E-state index contributed by atoms with van der Waals surface area (Å²) in [7, 11) is 0. The van der Waals surface area contributed by atoms with Gasteiger partial charge >= 0.3 is 12.0 Å². The number of rotatable bonds is 7. The smallest absolute Gasteiger partial charge is 0.320 e. The van der Waals surface area contributed by atoms with Crippen LogP contribution in [0.15, 0.2) is 36.5 Å². The fourth-order valence-electron chi connectivity index (χ4n) is 1.98. The molecule has 116 valence electrons. The number of hydrogen-bond acceptors (Lipinski definition) is 5. The lowest BCUT2D eigenvalue weighted by Crippen LogP contribution is -2.39. The molecule has 0 radical (unpaired) electrons. The number of aliphatic carboxylic acids is 1. The summed E-state index contributed by atoms with van der Waals surface area (Å²) in [4.78, 5) is 22.7. The van der Waals surface area contributed by atoms with Crippen LogP contribution in [-0.2, 0) is 11.2 Å². The number of hydrogen-bond donors (Lipinski definition) is 3. The van der Waals surface area contributed by atoms with Gasteiger partial charge in [-0.2, -0.15) is 0 Å². The maximum atomic E-state index is 11.9. The van der Waals surface area contributed by atoms with Gasteiger partial charge in [0, 0.05) is 24.0 Å². The Balaban J connectivity index is 1.94. The minimum Gasteiger partial charge on any atom is -0.481 e. The second-order valence-electron chi connectivity index (χ2n) is 4.70. The first kappa shape index (κ1) is 15.9. The Bertz CT molecular complexity index is 604. The topological polar surface area (TPSA) is 104 Å². The van der Waals surface area contributed by atoms with Crippen LogP contribution >= 0.6 is 11.5 Å². The number of nitrogens with one attached hydrogen (secondary N) is 2. The van der Waals surface area contributed by atoms with Gasteiger partial charge in [-0.25, -0.2) is 4.79 Å². The van der Waals surface area contributed by atoms with E-state index >= 15 is 0 Å². The standard InChI is InChI=1S/C14H16N4O3S/c19-13(20)7-6-11(8-10-4-2-1-3-5-10)16-14(21)17-12-9-15-18-22-12/h1-5,9,11H,6-8H2,(H,19,20)(H2,16,17,21). The van der Waals surface area contributed by atoms with Crippen molar-refractivity contribution in [2.45, 2.75) is 25.3 Å². The molecule has 8 heteroatoms. The molecule has 0 spiro atoms. The zero-order valence-corrected chi connectivity index (χ0v) is 12.5. The van der Waals surface area contributed by atoms with Crippen LogP contribution in [0, 0.1) is 0 Å². The second-order valence-corrected chi connectivity index (χ2v) is 5.48. The largest absolute Gasteiger partial charge is 0.481 e. The van der Waals surface area contributed by atoms with E-state index in [9.17, 15) is 9.59 Å². The van der Waals surface area contributed by atoms with Crippen LogP contribution in [0.25, 0.3) is 0 Å². The molecule has 0 fully saturated rings. The molecule has 7 nitrogen and oxygen atoms in total. The zero-order valence-electron chi connectivity index (χ0n) is 11.7. The minimum atomic E-state index is -0.882. The molecule has 1 unspecified atom stereocenters. The normalized spacial score (nSPS) is 11.6. The molecule has 22 heavy (non-hydrogen) atoms. The van der Waals surface area contributed by atoms with Crippen molar-refractivity contribution < 1.29 is 14.7 Å². The Kier molecular flexibility index (Phi) is 5.84.